The van der Waals surface area contributed by atoms with Gasteiger partial charge in [0.25, 0.3) is 0 Å². The molecule has 1 aliphatic carbocycles. The van der Waals surface area contributed by atoms with E-state index in [1.165, 1.54) is 16.7 Å². The summed E-state index contributed by atoms with van der Waals surface area (Å²) in [6.07, 6.45) is 3.15. The van der Waals surface area contributed by atoms with Crippen LogP contribution < -0.4 is 15.5 Å². The minimum absolute atomic E-state index is 0.910. The van der Waals surface area contributed by atoms with Gasteiger partial charge in [0.2, 0.25) is 11.2 Å². The number of hydrogen-bond acceptors (Lipinski definition) is 2. The first-order valence-corrected chi connectivity index (χ1v) is 7.67. The Hall–Kier alpha value is -2.55. The number of para-hydroxylation sites is 1. The number of H-pyrrole nitrogens is 1. The van der Waals surface area contributed by atoms with E-state index in [0.29, 0.717) is 0 Å². The number of hydrogen-bond donors (Lipinski definition) is 1. The topological polar surface area (TPSA) is 49.4 Å². The van der Waals surface area contributed by atoms with Crippen molar-refractivity contribution in [1.29, 1.82) is 0 Å². The van der Waals surface area contributed by atoms with Gasteiger partial charge >= 0.3 is 0 Å². The molecule has 2 aromatic carbocycles. The monoisotopic (exact) mass is 291 g/mol. The molecule has 0 spiro atoms. The zero-order valence-electron chi connectivity index (χ0n) is 12.6. The van der Waals surface area contributed by atoms with Crippen LogP contribution in [0, 0.1) is 0 Å². The van der Waals surface area contributed by atoms with Crippen LogP contribution in [0.1, 0.15) is 17.5 Å². The number of nitrogen functional groups attached to an aromatic ring is 1. The van der Waals surface area contributed by atoms with Gasteiger partial charge in [-0.2, -0.15) is 0 Å². The summed E-state index contributed by atoms with van der Waals surface area (Å²) in [6, 6.07) is 14.5. The van der Waals surface area contributed by atoms with Crippen LogP contribution in [0.5, 0.6) is 5.75 Å². The maximum absolute atomic E-state index is 6.48. The van der Waals surface area contributed by atoms with Crippen LogP contribution in [-0.4, -0.2) is 7.11 Å². The highest BCUT2D eigenvalue weighted by atomic mass is 16.5. The molecular formula is C19H19N2O+. The Labute approximate surface area is 129 Å². The zero-order chi connectivity index (χ0) is 15.1. The molecule has 0 saturated carbocycles. The van der Waals surface area contributed by atoms with Gasteiger partial charge in [-0.3, -0.25) is 0 Å². The van der Waals surface area contributed by atoms with Crippen LogP contribution in [0.4, 0.5) is 5.69 Å². The molecule has 3 nitrogen and oxygen atoms in total. The van der Waals surface area contributed by atoms with Crippen LogP contribution >= 0.6 is 0 Å². The molecule has 4 rings (SSSR count). The van der Waals surface area contributed by atoms with E-state index in [9.17, 15) is 0 Å². The maximum atomic E-state index is 6.48. The molecule has 3 heteroatoms. The number of aromatic nitrogens is 1. The third-order valence-electron chi connectivity index (χ3n) is 4.56. The lowest BCUT2D eigenvalue weighted by atomic mass is 9.98. The maximum Gasteiger partial charge on any atom is 0.216 e. The summed E-state index contributed by atoms with van der Waals surface area (Å²) in [5, 5.41) is 1.11. The minimum Gasteiger partial charge on any atom is -0.497 e. The first-order valence-electron chi connectivity index (χ1n) is 7.67. The molecule has 0 atom stereocenters. The van der Waals surface area contributed by atoms with Crippen LogP contribution in [-0.2, 0) is 12.8 Å². The fourth-order valence-corrected chi connectivity index (χ4v) is 3.43. The number of pyridine rings is 1. The lowest BCUT2D eigenvalue weighted by molar-refractivity contribution is -0.331. The lowest BCUT2D eigenvalue weighted by Crippen LogP contribution is -2.14. The van der Waals surface area contributed by atoms with Crippen molar-refractivity contribution in [2.45, 2.75) is 19.3 Å². The summed E-state index contributed by atoms with van der Waals surface area (Å²) in [4.78, 5) is 3.60. The first-order chi connectivity index (χ1) is 10.8. The van der Waals surface area contributed by atoms with Gasteiger partial charge in [-0.15, -0.1) is 0 Å². The van der Waals surface area contributed by atoms with Gasteiger partial charge in [-0.1, -0.05) is 12.1 Å². The van der Waals surface area contributed by atoms with E-state index in [-0.39, 0.29) is 0 Å². The van der Waals surface area contributed by atoms with Crippen molar-refractivity contribution in [3.63, 3.8) is 0 Å². The molecular weight excluding hydrogens is 272 g/mol. The van der Waals surface area contributed by atoms with E-state index in [4.69, 9.17) is 10.5 Å². The number of rotatable bonds is 1. The van der Waals surface area contributed by atoms with Gasteiger partial charge in [0.1, 0.15) is 5.75 Å². The summed E-state index contributed by atoms with van der Waals surface area (Å²) in [5.74, 6) is 0.913. The summed E-state index contributed by atoms with van der Waals surface area (Å²) < 4.78 is 5.37. The molecule has 3 N–H and O–H groups in total. The third-order valence-corrected chi connectivity index (χ3v) is 4.56. The fourth-order valence-electron chi connectivity index (χ4n) is 3.43. The quantitative estimate of drug-likeness (QED) is 0.747. The second-order valence-corrected chi connectivity index (χ2v) is 5.81. The summed E-state index contributed by atoms with van der Waals surface area (Å²) in [7, 11) is 1.71. The molecule has 3 aromatic rings. The van der Waals surface area contributed by atoms with Gasteiger partial charge in [-0.05, 0) is 49.1 Å². The third kappa shape index (κ3) is 1.93. The Morgan fingerprint density at radius 2 is 1.95 bits per heavy atom. The number of aromatic amines is 1. The predicted octanol–water partition coefficient (Wildman–Crippen LogP) is 3.40. The van der Waals surface area contributed by atoms with Crippen LogP contribution in [0.25, 0.3) is 22.2 Å². The molecule has 0 aliphatic heterocycles. The Bertz CT molecular complexity index is 871. The van der Waals surface area contributed by atoms with Crippen molar-refractivity contribution < 1.29 is 9.72 Å². The van der Waals surface area contributed by atoms with Gasteiger partial charge < -0.3 is 10.5 Å². The average Bonchev–Trinajstić information content (AvgIpc) is 2.74. The molecule has 0 amide bonds. The molecule has 1 heterocycles. The number of aryl methyl sites for hydroxylation is 1. The molecule has 1 aromatic heterocycles. The van der Waals surface area contributed by atoms with Crippen molar-refractivity contribution in [3.8, 4) is 17.0 Å². The summed E-state index contributed by atoms with van der Waals surface area (Å²) >= 11 is 0. The summed E-state index contributed by atoms with van der Waals surface area (Å²) in [5.41, 5.74) is 13.4. The number of nitrogens with one attached hydrogen (secondary N) is 1. The average molecular weight is 291 g/mol. The molecule has 1 aliphatic rings. The van der Waals surface area contributed by atoms with Crippen molar-refractivity contribution in [1.82, 2.24) is 0 Å². The molecule has 110 valence electrons. The fraction of sp³-hybridized carbons (Fsp3) is 0.211. The Morgan fingerprint density at radius 1 is 1.09 bits per heavy atom. The molecule has 0 saturated heterocycles. The molecule has 0 fully saturated rings. The molecule has 0 bridgehead atoms. The molecule has 0 radical (unpaired) electrons. The van der Waals surface area contributed by atoms with Gasteiger partial charge in [-0.25, -0.2) is 4.98 Å². The predicted molar refractivity (Wildman–Crippen MR) is 88.9 cm³/mol. The van der Waals surface area contributed by atoms with Crippen LogP contribution in [0.15, 0.2) is 42.5 Å². The van der Waals surface area contributed by atoms with Crippen LogP contribution in [0.2, 0.25) is 0 Å². The van der Waals surface area contributed by atoms with Crippen molar-refractivity contribution in [3.05, 3.63) is 53.6 Å². The Balaban J connectivity index is 2.03. The number of methoxy groups -OCH3 is 1. The van der Waals surface area contributed by atoms with Gasteiger partial charge in [0.05, 0.1) is 18.2 Å². The number of fused-ring (bicyclic) bond motifs is 4. The number of anilines is 1. The largest absolute Gasteiger partial charge is 0.497 e. The molecule has 22 heavy (non-hydrogen) atoms. The van der Waals surface area contributed by atoms with E-state index in [1.54, 1.807) is 7.11 Å². The van der Waals surface area contributed by atoms with Gasteiger partial charge in [0.15, 0.2) is 0 Å². The highest BCUT2D eigenvalue weighted by molar-refractivity contribution is 5.92. The van der Waals surface area contributed by atoms with Crippen LogP contribution in [0.3, 0.4) is 0 Å². The normalized spacial score (nSPS) is 13.3. The van der Waals surface area contributed by atoms with E-state index in [0.717, 1.165) is 47.3 Å². The first kappa shape index (κ1) is 13.1. The highest BCUT2D eigenvalue weighted by Gasteiger charge is 2.24. The SMILES string of the molecule is COc1ccc2c(c1)CCCc1c-2[nH+]c2ccccc2c1N. The second-order valence-electron chi connectivity index (χ2n) is 5.81. The Kier molecular flexibility index (Phi) is 3.00. The Morgan fingerprint density at radius 3 is 2.82 bits per heavy atom. The van der Waals surface area contributed by atoms with E-state index in [1.807, 2.05) is 18.2 Å². The van der Waals surface area contributed by atoms with E-state index < -0.39 is 0 Å². The lowest BCUT2D eigenvalue weighted by Gasteiger charge is -2.09. The van der Waals surface area contributed by atoms with E-state index >= 15 is 0 Å². The zero-order valence-corrected chi connectivity index (χ0v) is 12.6. The van der Waals surface area contributed by atoms with Crippen molar-refractivity contribution >= 4 is 16.6 Å². The molecule has 0 unspecified atom stereocenters. The van der Waals surface area contributed by atoms with Crippen molar-refractivity contribution in [2.75, 3.05) is 12.8 Å². The second kappa shape index (κ2) is 5.02. The minimum atomic E-state index is 0.910. The number of ether oxygens (including phenoxy) is 1. The van der Waals surface area contributed by atoms with Crippen molar-refractivity contribution in [2.24, 2.45) is 0 Å². The highest BCUT2D eigenvalue weighted by Crippen LogP contribution is 2.36. The summed E-state index contributed by atoms with van der Waals surface area (Å²) in [6.45, 7) is 0. The number of benzene rings is 2. The standard InChI is InChI=1S/C19H18N2O/c1-22-13-9-10-14-12(11-13)5-4-7-16-18(20)15-6-2-3-8-17(15)21-19(14)16/h2-3,6,8-11H,4-5,7H2,1H3,(H2,20,21)/p+1. The number of nitrogens with two attached hydrogens (primary N) is 1. The van der Waals surface area contributed by atoms with E-state index in [2.05, 4.69) is 29.2 Å². The van der Waals surface area contributed by atoms with Gasteiger partial charge in [0, 0.05) is 17.2 Å². The smallest absolute Gasteiger partial charge is 0.216 e.